The zero-order valence-electron chi connectivity index (χ0n) is 13.8. The van der Waals surface area contributed by atoms with Gasteiger partial charge in [0.2, 0.25) is 21.8 Å². The van der Waals surface area contributed by atoms with Crippen molar-refractivity contribution in [2.75, 3.05) is 29.4 Å². The molecule has 0 aromatic heterocycles. The maximum absolute atomic E-state index is 12.5. The van der Waals surface area contributed by atoms with E-state index < -0.39 is 10.0 Å². The molecule has 1 unspecified atom stereocenters. The number of rotatable bonds is 5. The summed E-state index contributed by atoms with van der Waals surface area (Å²) in [4.78, 5) is 25.8. The van der Waals surface area contributed by atoms with Crippen LogP contribution in [-0.2, 0) is 19.6 Å². The highest BCUT2D eigenvalue weighted by Crippen LogP contribution is 2.27. The highest BCUT2D eigenvalue weighted by Gasteiger charge is 2.27. The third kappa shape index (κ3) is 5.47. The molecule has 136 valence electrons. The standard InChI is InChI=1S/C16H20ClN3O4S/c1-3-15(21)20-8-4-5-11(10-20)16(22)18-12-6-7-13(17)14(9-12)19-25(2,23)24/h3,6-7,9,11,19H,1,4-5,8,10H2,2H3,(H,18,22). The average Bonchev–Trinajstić information content (AvgIpc) is 2.56. The fourth-order valence-corrected chi connectivity index (χ4v) is 3.43. The minimum absolute atomic E-state index is 0.189. The summed E-state index contributed by atoms with van der Waals surface area (Å²) in [5.74, 6) is -0.752. The Hall–Kier alpha value is -2.06. The highest BCUT2D eigenvalue weighted by molar-refractivity contribution is 7.92. The first kappa shape index (κ1) is 19.3. The Morgan fingerprint density at radius 3 is 2.76 bits per heavy atom. The van der Waals surface area contributed by atoms with Crippen LogP contribution in [0.25, 0.3) is 0 Å². The van der Waals surface area contributed by atoms with E-state index in [4.69, 9.17) is 11.6 Å². The zero-order chi connectivity index (χ0) is 18.6. The summed E-state index contributed by atoms with van der Waals surface area (Å²) in [6, 6.07) is 4.54. The van der Waals surface area contributed by atoms with Gasteiger partial charge in [-0.15, -0.1) is 0 Å². The Morgan fingerprint density at radius 1 is 1.40 bits per heavy atom. The third-order valence-electron chi connectivity index (χ3n) is 3.81. The van der Waals surface area contributed by atoms with E-state index in [9.17, 15) is 18.0 Å². The molecule has 0 saturated carbocycles. The first-order valence-electron chi connectivity index (χ1n) is 7.69. The molecule has 1 aliphatic rings. The van der Waals surface area contributed by atoms with Gasteiger partial charge in [-0.05, 0) is 37.1 Å². The second kappa shape index (κ2) is 7.88. The lowest BCUT2D eigenvalue weighted by Crippen LogP contribution is -2.43. The highest BCUT2D eigenvalue weighted by atomic mass is 35.5. The van der Waals surface area contributed by atoms with Crippen LogP contribution in [0, 0.1) is 5.92 Å². The first-order valence-corrected chi connectivity index (χ1v) is 9.96. The lowest BCUT2D eigenvalue weighted by molar-refractivity contribution is -0.130. The van der Waals surface area contributed by atoms with Crippen molar-refractivity contribution in [3.05, 3.63) is 35.9 Å². The molecule has 0 aliphatic carbocycles. The van der Waals surface area contributed by atoms with E-state index >= 15 is 0 Å². The van der Waals surface area contributed by atoms with E-state index in [1.54, 1.807) is 11.0 Å². The van der Waals surface area contributed by atoms with E-state index in [0.717, 1.165) is 12.7 Å². The van der Waals surface area contributed by atoms with E-state index in [-0.39, 0.29) is 28.4 Å². The minimum Gasteiger partial charge on any atom is -0.338 e. The molecule has 1 saturated heterocycles. The van der Waals surface area contributed by atoms with Gasteiger partial charge >= 0.3 is 0 Å². The van der Waals surface area contributed by atoms with Gasteiger partial charge in [-0.2, -0.15) is 0 Å². The molecule has 7 nitrogen and oxygen atoms in total. The monoisotopic (exact) mass is 385 g/mol. The molecule has 1 aliphatic heterocycles. The molecule has 1 aromatic carbocycles. The summed E-state index contributed by atoms with van der Waals surface area (Å²) in [7, 11) is -3.49. The summed E-state index contributed by atoms with van der Waals surface area (Å²) in [5.41, 5.74) is 0.613. The van der Waals surface area contributed by atoms with Gasteiger partial charge in [0.25, 0.3) is 0 Å². The second-order valence-corrected chi connectivity index (χ2v) is 8.04. The number of sulfonamides is 1. The molecular weight excluding hydrogens is 366 g/mol. The molecule has 25 heavy (non-hydrogen) atoms. The minimum atomic E-state index is -3.49. The predicted molar refractivity (Wildman–Crippen MR) is 98.0 cm³/mol. The molecule has 2 rings (SSSR count). The molecule has 0 bridgehead atoms. The van der Waals surface area contributed by atoms with Crippen LogP contribution in [0.3, 0.4) is 0 Å². The van der Waals surface area contributed by atoms with E-state index in [1.165, 1.54) is 18.2 Å². The molecular formula is C16H20ClN3O4S. The Labute approximate surface area is 152 Å². The Balaban J connectivity index is 2.08. The van der Waals surface area contributed by atoms with Crippen molar-refractivity contribution >= 4 is 44.8 Å². The van der Waals surface area contributed by atoms with Gasteiger partial charge in [0.15, 0.2) is 0 Å². The van der Waals surface area contributed by atoms with Crippen molar-refractivity contribution in [2.24, 2.45) is 5.92 Å². The number of halogens is 1. The topological polar surface area (TPSA) is 95.6 Å². The van der Waals surface area contributed by atoms with Gasteiger partial charge in [-0.1, -0.05) is 18.2 Å². The number of likely N-dealkylation sites (tertiary alicyclic amines) is 1. The van der Waals surface area contributed by atoms with Crippen molar-refractivity contribution in [1.82, 2.24) is 4.90 Å². The van der Waals surface area contributed by atoms with Crippen molar-refractivity contribution in [2.45, 2.75) is 12.8 Å². The fraction of sp³-hybridized carbons (Fsp3) is 0.375. The Bertz CT molecular complexity index is 795. The summed E-state index contributed by atoms with van der Waals surface area (Å²) >= 11 is 5.96. The number of amides is 2. The largest absolute Gasteiger partial charge is 0.338 e. The smallest absolute Gasteiger partial charge is 0.245 e. The van der Waals surface area contributed by atoms with Gasteiger partial charge in [0.1, 0.15) is 0 Å². The lowest BCUT2D eigenvalue weighted by atomic mass is 9.97. The van der Waals surface area contributed by atoms with Crippen LogP contribution in [0.4, 0.5) is 11.4 Å². The van der Waals surface area contributed by atoms with Crippen LogP contribution < -0.4 is 10.0 Å². The molecule has 1 atom stereocenters. The van der Waals surface area contributed by atoms with Gasteiger partial charge < -0.3 is 10.2 Å². The number of nitrogens with one attached hydrogen (secondary N) is 2. The summed E-state index contributed by atoms with van der Waals surface area (Å²) in [5, 5.41) is 2.97. The Morgan fingerprint density at radius 2 is 2.12 bits per heavy atom. The normalized spacial score (nSPS) is 17.7. The fourth-order valence-electron chi connectivity index (χ4n) is 2.65. The number of hydrogen-bond acceptors (Lipinski definition) is 4. The molecule has 2 amide bonds. The molecule has 1 aromatic rings. The lowest BCUT2D eigenvalue weighted by Gasteiger charge is -2.31. The van der Waals surface area contributed by atoms with Crippen molar-refractivity contribution < 1.29 is 18.0 Å². The summed E-state index contributed by atoms with van der Waals surface area (Å²) in [6.07, 6.45) is 3.67. The number of hydrogen-bond donors (Lipinski definition) is 2. The molecule has 1 heterocycles. The SMILES string of the molecule is C=CC(=O)N1CCCC(C(=O)Nc2ccc(Cl)c(NS(C)(=O)=O)c2)C1. The van der Waals surface area contributed by atoms with Crippen LogP contribution in [0.15, 0.2) is 30.9 Å². The first-order chi connectivity index (χ1) is 11.7. The quantitative estimate of drug-likeness (QED) is 0.758. The maximum Gasteiger partial charge on any atom is 0.245 e. The van der Waals surface area contributed by atoms with Crippen molar-refractivity contribution in [3.63, 3.8) is 0 Å². The number of nitrogens with zero attached hydrogens (tertiary/aromatic N) is 1. The van der Waals surface area contributed by atoms with Crippen LogP contribution >= 0.6 is 11.6 Å². The van der Waals surface area contributed by atoms with Crippen molar-refractivity contribution in [3.8, 4) is 0 Å². The number of piperidine rings is 1. The van der Waals surface area contributed by atoms with E-state index in [1.807, 2.05) is 0 Å². The van der Waals surface area contributed by atoms with Crippen LogP contribution in [-0.4, -0.2) is 44.5 Å². The summed E-state index contributed by atoms with van der Waals surface area (Å²) < 4.78 is 25.0. The van der Waals surface area contributed by atoms with Crippen LogP contribution in [0.5, 0.6) is 0 Å². The molecule has 2 N–H and O–H groups in total. The Kier molecular flexibility index (Phi) is 6.07. The number of carbonyl (C=O) groups excluding carboxylic acids is 2. The third-order valence-corrected chi connectivity index (χ3v) is 4.73. The number of benzene rings is 1. The summed E-state index contributed by atoms with van der Waals surface area (Å²) in [6.45, 7) is 4.40. The van der Waals surface area contributed by atoms with Crippen LogP contribution in [0.2, 0.25) is 5.02 Å². The van der Waals surface area contributed by atoms with Gasteiger partial charge in [-0.25, -0.2) is 8.42 Å². The van der Waals surface area contributed by atoms with Gasteiger partial charge in [0.05, 0.1) is 22.9 Å². The van der Waals surface area contributed by atoms with E-state index in [2.05, 4.69) is 16.6 Å². The zero-order valence-corrected chi connectivity index (χ0v) is 15.4. The number of carbonyl (C=O) groups is 2. The molecule has 9 heteroatoms. The van der Waals surface area contributed by atoms with Crippen molar-refractivity contribution in [1.29, 1.82) is 0 Å². The van der Waals surface area contributed by atoms with E-state index in [0.29, 0.717) is 25.2 Å². The molecule has 0 spiro atoms. The average molecular weight is 386 g/mol. The van der Waals surface area contributed by atoms with Gasteiger partial charge in [-0.3, -0.25) is 14.3 Å². The molecule has 0 radical (unpaired) electrons. The maximum atomic E-state index is 12.5. The molecule has 1 fully saturated rings. The van der Waals surface area contributed by atoms with Crippen LogP contribution in [0.1, 0.15) is 12.8 Å². The predicted octanol–water partition coefficient (Wildman–Crippen LogP) is 2.07. The number of anilines is 2. The van der Waals surface area contributed by atoms with Gasteiger partial charge in [0, 0.05) is 18.8 Å². The second-order valence-electron chi connectivity index (χ2n) is 5.89.